The highest BCUT2D eigenvalue weighted by atomic mass is 16.5. The van der Waals surface area contributed by atoms with Crippen molar-refractivity contribution in [3.05, 3.63) is 95.7 Å². The van der Waals surface area contributed by atoms with E-state index in [-0.39, 0.29) is 19.1 Å². The molecule has 1 amide bonds. The van der Waals surface area contributed by atoms with Gasteiger partial charge in [-0.3, -0.25) is 4.79 Å². The summed E-state index contributed by atoms with van der Waals surface area (Å²) in [5.41, 5.74) is 4.08. The van der Waals surface area contributed by atoms with Crippen molar-refractivity contribution in [1.29, 1.82) is 0 Å². The number of fused-ring (bicyclic) bond motifs is 1. The highest BCUT2D eigenvalue weighted by molar-refractivity contribution is 5.94. The van der Waals surface area contributed by atoms with Crippen molar-refractivity contribution in [3.8, 4) is 11.3 Å². The molecular formula is C25H27N3O4. The minimum atomic E-state index is -0.259. The van der Waals surface area contributed by atoms with Crippen LogP contribution in [0.25, 0.3) is 16.9 Å². The lowest BCUT2D eigenvalue weighted by Crippen LogP contribution is -2.25. The Hall–Kier alpha value is -3.84. The summed E-state index contributed by atoms with van der Waals surface area (Å²) in [4.78, 5) is 17.4. The van der Waals surface area contributed by atoms with E-state index in [9.17, 15) is 9.90 Å². The minimum Gasteiger partial charge on any atom is -0.498 e. The SMILES string of the molecule is C=C/C(=C\C(OC)=C(/C)OC)CNC(=O)c1ccc2nc(-c3ccccc3)c(CO)n2c1. The predicted octanol–water partition coefficient (Wildman–Crippen LogP) is 3.86. The first kappa shape index (κ1) is 22.8. The molecule has 7 nitrogen and oxygen atoms in total. The minimum absolute atomic E-state index is 0.204. The van der Waals surface area contributed by atoms with Crippen molar-refractivity contribution < 1.29 is 19.4 Å². The standard InChI is InChI=1S/C25H27N3O4/c1-5-18(13-22(32-4)17(2)31-3)14-26-25(30)20-11-12-23-27-24(19-9-7-6-8-10-19)21(16-29)28(23)15-20/h5-13,15,29H,1,14,16H2,2-4H3,(H,26,30)/b18-13+,22-17-. The largest absolute Gasteiger partial charge is 0.498 e. The predicted molar refractivity (Wildman–Crippen MR) is 124 cm³/mol. The van der Waals surface area contributed by atoms with Crippen LogP contribution in [0, 0.1) is 0 Å². The number of aromatic nitrogens is 2. The van der Waals surface area contributed by atoms with E-state index in [2.05, 4.69) is 16.9 Å². The summed E-state index contributed by atoms with van der Waals surface area (Å²) in [6.07, 6.45) is 5.10. The maximum absolute atomic E-state index is 12.8. The maximum Gasteiger partial charge on any atom is 0.253 e. The zero-order valence-electron chi connectivity index (χ0n) is 18.5. The van der Waals surface area contributed by atoms with E-state index in [0.717, 1.165) is 11.1 Å². The van der Waals surface area contributed by atoms with E-state index in [0.29, 0.717) is 34.1 Å². The highest BCUT2D eigenvalue weighted by Crippen LogP contribution is 2.25. The number of aliphatic hydroxyl groups is 1. The molecule has 0 radical (unpaired) electrons. The van der Waals surface area contributed by atoms with Gasteiger partial charge in [-0.25, -0.2) is 4.98 Å². The summed E-state index contributed by atoms with van der Waals surface area (Å²) in [5, 5.41) is 12.9. The molecule has 0 fully saturated rings. The second-order valence-electron chi connectivity index (χ2n) is 7.01. The number of hydrogen-bond acceptors (Lipinski definition) is 5. The lowest BCUT2D eigenvalue weighted by atomic mass is 10.1. The molecule has 3 rings (SSSR count). The Morgan fingerprint density at radius 3 is 2.56 bits per heavy atom. The molecule has 0 saturated carbocycles. The number of nitrogens with one attached hydrogen (secondary N) is 1. The lowest BCUT2D eigenvalue weighted by molar-refractivity contribution is 0.0956. The van der Waals surface area contributed by atoms with Gasteiger partial charge in [-0.2, -0.15) is 0 Å². The van der Waals surface area contributed by atoms with Gasteiger partial charge in [0.25, 0.3) is 5.91 Å². The molecule has 7 heteroatoms. The molecule has 0 bridgehead atoms. The van der Waals surface area contributed by atoms with Crippen molar-refractivity contribution in [2.45, 2.75) is 13.5 Å². The van der Waals surface area contributed by atoms with Crippen LogP contribution in [0.3, 0.4) is 0 Å². The second kappa shape index (κ2) is 10.5. The lowest BCUT2D eigenvalue weighted by Gasteiger charge is -2.10. The van der Waals surface area contributed by atoms with Crippen LogP contribution in [0.15, 0.2) is 84.5 Å². The number of hydrogen-bond donors (Lipinski definition) is 2. The third-order valence-electron chi connectivity index (χ3n) is 5.08. The van der Waals surface area contributed by atoms with Gasteiger partial charge in [-0.05, 0) is 30.7 Å². The molecule has 0 aliphatic rings. The molecule has 2 N–H and O–H groups in total. The van der Waals surface area contributed by atoms with E-state index in [4.69, 9.17) is 9.47 Å². The number of amides is 1. The van der Waals surface area contributed by atoms with Gasteiger partial charge in [0.15, 0.2) is 5.76 Å². The molecule has 1 aromatic carbocycles. The van der Waals surface area contributed by atoms with Gasteiger partial charge in [0.1, 0.15) is 11.4 Å². The molecule has 0 saturated heterocycles. The zero-order chi connectivity index (χ0) is 23.1. The van der Waals surface area contributed by atoms with E-state index >= 15 is 0 Å². The molecule has 32 heavy (non-hydrogen) atoms. The first-order valence-corrected chi connectivity index (χ1v) is 10.1. The summed E-state index contributed by atoms with van der Waals surface area (Å²) in [6.45, 7) is 5.65. The first-order valence-electron chi connectivity index (χ1n) is 10.1. The molecule has 0 aliphatic heterocycles. The number of pyridine rings is 1. The Balaban J connectivity index is 1.85. The van der Waals surface area contributed by atoms with Crippen LogP contribution in [0.5, 0.6) is 0 Å². The number of benzene rings is 1. The van der Waals surface area contributed by atoms with Gasteiger partial charge < -0.3 is 24.3 Å². The smallest absolute Gasteiger partial charge is 0.253 e. The summed E-state index contributed by atoms with van der Waals surface area (Å²) in [7, 11) is 3.12. The molecule has 2 aromatic heterocycles. The van der Waals surface area contributed by atoms with Crippen molar-refractivity contribution in [2.75, 3.05) is 20.8 Å². The fraction of sp³-hybridized carbons (Fsp3) is 0.200. The van der Waals surface area contributed by atoms with Gasteiger partial charge >= 0.3 is 0 Å². The topological polar surface area (TPSA) is 85.1 Å². The Labute approximate surface area is 187 Å². The summed E-state index contributed by atoms with van der Waals surface area (Å²) in [5.74, 6) is 0.914. The molecule has 0 unspecified atom stereocenters. The quantitative estimate of drug-likeness (QED) is 0.395. The van der Waals surface area contributed by atoms with Crippen LogP contribution in [0.4, 0.5) is 0 Å². The molecule has 0 aliphatic carbocycles. The summed E-state index contributed by atoms with van der Waals surface area (Å²) < 4.78 is 12.3. The van der Waals surface area contributed by atoms with Crippen molar-refractivity contribution in [2.24, 2.45) is 0 Å². The molecule has 166 valence electrons. The average Bonchev–Trinajstić information content (AvgIpc) is 3.22. The van der Waals surface area contributed by atoms with E-state index < -0.39 is 0 Å². The summed E-state index contributed by atoms with van der Waals surface area (Å²) >= 11 is 0. The number of methoxy groups -OCH3 is 2. The molecule has 3 aromatic rings. The van der Waals surface area contributed by atoms with Gasteiger partial charge in [-0.1, -0.05) is 43.0 Å². The van der Waals surface area contributed by atoms with Crippen molar-refractivity contribution in [1.82, 2.24) is 14.7 Å². The number of rotatable bonds is 9. The number of imidazole rings is 1. The number of carbonyl (C=O) groups excluding carboxylic acids is 1. The Bertz CT molecular complexity index is 1180. The molecular weight excluding hydrogens is 406 g/mol. The Morgan fingerprint density at radius 1 is 1.19 bits per heavy atom. The normalized spacial score (nSPS) is 12.3. The maximum atomic E-state index is 12.8. The third-order valence-corrected chi connectivity index (χ3v) is 5.08. The van der Waals surface area contributed by atoms with Crippen molar-refractivity contribution in [3.63, 3.8) is 0 Å². The van der Waals surface area contributed by atoms with Gasteiger partial charge in [0.2, 0.25) is 0 Å². The number of aliphatic hydroxyl groups excluding tert-OH is 1. The zero-order valence-corrected chi connectivity index (χ0v) is 18.5. The fourth-order valence-electron chi connectivity index (χ4n) is 3.25. The second-order valence-corrected chi connectivity index (χ2v) is 7.01. The average molecular weight is 434 g/mol. The number of ether oxygens (including phenoxy) is 2. The van der Waals surface area contributed by atoms with Crippen LogP contribution in [0.1, 0.15) is 23.0 Å². The van der Waals surface area contributed by atoms with E-state index in [1.165, 1.54) is 0 Å². The summed E-state index contributed by atoms with van der Waals surface area (Å²) in [6, 6.07) is 13.1. The van der Waals surface area contributed by atoms with E-state index in [1.807, 2.05) is 30.3 Å². The monoisotopic (exact) mass is 433 g/mol. The Morgan fingerprint density at radius 2 is 1.94 bits per heavy atom. The Kier molecular flexibility index (Phi) is 7.46. The molecule has 2 heterocycles. The van der Waals surface area contributed by atoms with Crippen LogP contribution in [0.2, 0.25) is 0 Å². The third kappa shape index (κ3) is 4.90. The number of allylic oxidation sites excluding steroid dienone is 2. The van der Waals surface area contributed by atoms with Gasteiger partial charge in [0, 0.05) is 18.3 Å². The molecule has 0 atom stereocenters. The van der Waals surface area contributed by atoms with Crippen LogP contribution >= 0.6 is 0 Å². The fourth-order valence-corrected chi connectivity index (χ4v) is 3.25. The van der Waals surface area contributed by atoms with E-state index in [1.54, 1.807) is 56.0 Å². The van der Waals surface area contributed by atoms with Gasteiger partial charge in [0.05, 0.1) is 37.8 Å². The van der Waals surface area contributed by atoms with Gasteiger partial charge in [-0.15, -0.1) is 0 Å². The van der Waals surface area contributed by atoms with Crippen LogP contribution in [-0.2, 0) is 16.1 Å². The van der Waals surface area contributed by atoms with Crippen LogP contribution < -0.4 is 5.32 Å². The molecule has 0 spiro atoms. The number of nitrogens with zero attached hydrogens (tertiary/aromatic N) is 2. The van der Waals surface area contributed by atoms with Crippen molar-refractivity contribution >= 4 is 11.6 Å². The first-order chi connectivity index (χ1) is 15.5. The number of carbonyl (C=O) groups is 1. The van der Waals surface area contributed by atoms with Crippen LogP contribution in [-0.4, -0.2) is 41.2 Å². The highest BCUT2D eigenvalue weighted by Gasteiger charge is 2.15.